The number of aliphatic carboxylic acids is 1. The molecule has 96 valence electrons. The van der Waals surface area contributed by atoms with Gasteiger partial charge in [0.2, 0.25) is 0 Å². The van der Waals surface area contributed by atoms with Crippen molar-refractivity contribution in [3.05, 3.63) is 12.7 Å². The van der Waals surface area contributed by atoms with E-state index >= 15 is 0 Å². The number of carboxylic acid groups (broad SMARTS) is 1. The minimum Gasteiger partial charge on any atom is -0.480 e. The molecule has 6 nitrogen and oxygen atoms in total. The largest absolute Gasteiger partial charge is 0.480 e. The van der Waals surface area contributed by atoms with Crippen LogP contribution in [0.5, 0.6) is 0 Å². The molecule has 1 saturated heterocycles. The third-order valence-corrected chi connectivity index (χ3v) is 2.65. The molecule has 2 N–H and O–H groups in total. The van der Waals surface area contributed by atoms with Gasteiger partial charge < -0.3 is 19.9 Å². The lowest BCUT2D eigenvalue weighted by Crippen LogP contribution is -2.59. The lowest BCUT2D eigenvalue weighted by molar-refractivity contribution is -0.151. The van der Waals surface area contributed by atoms with Crippen LogP contribution in [-0.4, -0.2) is 42.0 Å². The molecular weight excluding hydrogens is 226 g/mol. The number of ether oxygens (including phenoxy) is 2. The molecule has 0 aromatic rings. The Morgan fingerprint density at radius 2 is 2.41 bits per heavy atom. The summed E-state index contributed by atoms with van der Waals surface area (Å²) in [4.78, 5) is 22.7. The maximum Gasteiger partial charge on any atom is 0.408 e. The van der Waals surface area contributed by atoms with E-state index in [-0.39, 0.29) is 25.6 Å². The van der Waals surface area contributed by atoms with Gasteiger partial charge in [-0.3, -0.25) is 0 Å². The summed E-state index contributed by atoms with van der Waals surface area (Å²) < 4.78 is 10.0. The van der Waals surface area contributed by atoms with Gasteiger partial charge >= 0.3 is 12.1 Å². The first-order chi connectivity index (χ1) is 8.00. The van der Waals surface area contributed by atoms with E-state index in [1.165, 1.54) is 6.08 Å². The molecule has 2 unspecified atom stereocenters. The van der Waals surface area contributed by atoms with E-state index in [1.54, 1.807) is 6.92 Å². The minimum absolute atomic E-state index is 0.0492. The highest BCUT2D eigenvalue weighted by atomic mass is 16.5. The average molecular weight is 243 g/mol. The molecule has 0 saturated carbocycles. The van der Waals surface area contributed by atoms with Crippen molar-refractivity contribution in [2.75, 3.05) is 13.2 Å². The van der Waals surface area contributed by atoms with Crippen LogP contribution in [0.3, 0.4) is 0 Å². The predicted octanol–water partition coefficient (Wildman–Crippen LogP) is 0.921. The van der Waals surface area contributed by atoms with Crippen molar-refractivity contribution >= 4 is 12.1 Å². The van der Waals surface area contributed by atoms with Crippen LogP contribution >= 0.6 is 0 Å². The summed E-state index contributed by atoms with van der Waals surface area (Å²) in [7, 11) is 0. The average Bonchev–Trinajstić information content (AvgIpc) is 2.26. The van der Waals surface area contributed by atoms with E-state index in [2.05, 4.69) is 11.9 Å². The van der Waals surface area contributed by atoms with E-state index in [9.17, 15) is 14.7 Å². The maximum atomic E-state index is 11.4. The van der Waals surface area contributed by atoms with Crippen LogP contribution in [-0.2, 0) is 14.3 Å². The van der Waals surface area contributed by atoms with Gasteiger partial charge in [-0.25, -0.2) is 9.59 Å². The number of carboxylic acids is 1. The van der Waals surface area contributed by atoms with Gasteiger partial charge in [-0.15, -0.1) is 0 Å². The third kappa shape index (κ3) is 3.45. The SMILES string of the molecule is C=CCOC(=O)NC1(C(=O)O)CCOC(C)C1. The van der Waals surface area contributed by atoms with Crippen molar-refractivity contribution in [1.29, 1.82) is 0 Å². The van der Waals surface area contributed by atoms with E-state index in [0.29, 0.717) is 6.61 Å². The van der Waals surface area contributed by atoms with Gasteiger partial charge in [0.05, 0.1) is 6.10 Å². The number of rotatable bonds is 4. The molecule has 17 heavy (non-hydrogen) atoms. The fraction of sp³-hybridized carbons (Fsp3) is 0.636. The number of hydrogen-bond acceptors (Lipinski definition) is 4. The Kier molecular flexibility index (Phi) is 4.51. The van der Waals surface area contributed by atoms with E-state index < -0.39 is 17.6 Å². The van der Waals surface area contributed by atoms with Crippen LogP contribution in [0.2, 0.25) is 0 Å². The normalized spacial score (nSPS) is 28.2. The third-order valence-electron chi connectivity index (χ3n) is 2.65. The molecule has 0 aliphatic carbocycles. The summed E-state index contributed by atoms with van der Waals surface area (Å²) in [5.41, 5.74) is -1.30. The zero-order chi connectivity index (χ0) is 12.9. The molecule has 1 heterocycles. The summed E-state index contributed by atoms with van der Waals surface area (Å²) >= 11 is 0. The topological polar surface area (TPSA) is 84.9 Å². The Hall–Kier alpha value is -1.56. The summed E-state index contributed by atoms with van der Waals surface area (Å²) in [6, 6.07) is 0. The molecule has 1 rings (SSSR count). The van der Waals surface area contributed by atoms with E-state index in [4.69, 9.17) is 9.47 Å². The quantitative estimate of drug-likeness (QED) is 0.717. The van der Waals surface area contributed by atoms with Gasteiger partial charge in [-0.2, -0.15) is 0 Å². The van der Waals surface area contributed by atoms with Gasteiger partial charge in [-0.05, 0) is 6.92 Å². The maximum absolute atomic E-state index is 11.4. The summed E-state index contributed by atoms with van der Waals surface area (Å²) in [5.74, 6) is -1.07. The van der Waals surface area contributed by atoms with Crippen molar-refractivity contribution in [2.24, 2.45) is 0 Å². The number of alkyl carbamates (subject to hydrolysis) is 1. The molecular formula is C11H17NO5. The van der Waals surface area contributed by atoms with Gasteiger partial charge in [-0.1, -0.05) is 12.7 Å². The van der Waals surface area contributed by atoms with Crippen LogP contribution < -0.4 is 5.32 Å². The fourth-order valence-electron chi connectivity index (χ4n) is 1.81. The zero-order valence-corrected chi connectivity index (χ0v) is 9.77. The smallest absolute Gasteiger partial charge is 0.408 e. The lowest BCUT2D eigenvalue weighted by Gasteiger charge is -2.36. The van der Waals surface area contributed by atoms with Crippen molar-refractivity contribution in [2.45, 2.75) is 31.4 Å². The molecule has 0 spiro atoms. The second kappa shape index (κ2) is 5.67. The molecule has 1 aliphatic rings. The predicted molar refractivity (Wildman–Crippen MR) is 59.7 cm³/mol. The molecule has 0 aromatic heterocycles. The highest BCUT2D eigenvalue weighted by molar-refractivity contribution is 5.84. The number of nitrogens with one attached hydrogen (secondary N) is 1. The molecule has 0 aromatic carbocycles. The lowest BCUT2D eigenvalue weighted by atomic mass is 9.87. The highest BCUT2D eigenvalue weighted by Crippen LogP contribution is 2.25. The summed E-state index contributed by atoms with van der Waals surface area (Å²) in [6.07, 6.45) is 0.919. The van der Waals surface area contributed by atoms with Gasteiger partial charge in [0.25, 0.3) is 0 Å². The van der Waals surface area contributed by atoms with E-state index in [0.717, 1.165) is 0 Å². The van der Waals surface area contributed by atoms with Crippen molar-refractivity contribution in [3.8, 4) is 0 Å². The van der Waals surface area contributed by atoms with Gasteiger partial charge in [0.1, 0.15) is 12.1 Å². The number of hydrogen-bond donors (Lipinski definition) is 2. The molecule has 2 atom stereocenters. The number of carbonyl (C=O) groups is 2. The molecule has 0 radical (unpaired) electrons. The van der Waals surface area contributed by atoms with Crippen molar-refractivity contribution in [1.82, 2.24) is 5.32 Å². The van der Waals surface area contributed by atoms with Crippen molar-refractivity contribution < 1.29 is 24.2 Å². The first-order valence-electron chi connectivity index (χ1n) is 5.41. The van der Waals surface area contributed by atoms with E-state index in [1.807, 2.05) is 0 Å². The fourth-order valence-corrected chi connectivity index (χ4v) is 1.81. The number of carbonyl (C=O) groups excluding carboxylic acids is 1. The first-order valence-corrected chi connectivity index (χ1v) is 5.41. The highest BCUT2D eigenvalue weighted by Gasteiger charge is 2.44. The summed E-state index contributed by atoms with van der Waals surface area (Å²) in [5, 5.41) is 11.6. The monoisotopic (exact) mass is 243 g/mol. The molecule has 1 fully saturated rings. The van der Waals surface area contributed by atoms with Crippen molar-refractivity contribution in [3.63, 3.8) is 0 Å². The van der Waals surface area contributed by atoms with Crippen LogP contribution in [0.4, 0.5) is 4.79 Å². The first kappa shape index (κ1) is 13.5. The van der Waals surface area contributed by atoms with Crippen LogP contribution in [0, 0.1) is 0 Å². The minimum atomic E-state index is -1.30. The molecule has 1 amide bonds. The second-order valence-electron chi connectivity index (χ2n) is 4.03. The van der Waals surface area contributed by atoms with Crippen LogP contribution in [0.1, 0.15) is 19.8 Å². The number of amides is 1. The Morgan fingerprint density at radius 1 is 1.71 bits per heavy atom. The Bertz CT molecular complexity index is 317. The van der Waals surface area contributed by atoms with Gasteiger partial charge in [0, 0.05) is 19.4 Å². The Balaban J connectivity index is 2.68. The van der Waals surface area contributed by atoms with Gasteiger partial charge in [0.15, 0.2) is 0 Å². The van der Waals surface area contributed by atoms with Crippen LogP contribution in [0.15, 0.2) is 12.7 Å². The molecule has 1 aliphatic heterocycles. The van der Waals surface area contributed by atoms with Crippen LogP contribution in [0.25, 0.3) is 0 Å². The second-order valence-corrected chi connectivity index (χ2v) is 4.03. The zero-order valence-electron chi connectivity index (χ0n) is 9.77. The Labute approximate surface area is 99.6 Å². The standard InChI is InChI=1S/C11H17NO5/c1-3-5-17-10(15)12-11(9(13)14)4-6-16-8(2)7-11/h3,8H,1,4-7H2,2H3,(H,12,15)(H,13,14). The molecule has 6 heteroatoms. The Morgan fingerprint density at radius 3 is 2.94 bits per heavy atom. The summed E-state index contributed by atoms with van der Waals surface area (Å²) in [6.45, 7) is 5.52. The molecule has 0 bridgehead atoms.